The first-order valence-corrected chi connectivity index (χ1v) is 9.03. The minimum Gasteiger partial charge on any atom is -0.444 e. The smallest absolute Gasteiger partial charge is 0.408 e. The number of carbonyl (C=O) groups excluding carboxylic acids is 1. The van der Waals surface area contributed by atoms with E-state index in [0.717, 1.165) is 0 Å². The molecule has 0 saturated heterocycles. The number of sulfone groups is 1. The second kappa shape index (κ2) is 7.45. The van der Waals surface area contributed by atoms with Crippen molar-refractivity contribution < 1.29 is 17.9 Å². The molecule has 21 heavy (non-hydrogen) atoms. The average Bonchev–Trinajstić information content (AvgIpc) is 2.22. The molecule has 0 aliphatic carbocycles. The van der Waals surface area contributed by atoms with Crippen LogP contribution in [0, 0.1) is 0 Å². The second-order valence-electron chi connectivity index (χ2n) is 6.99. The number of hydrogen-bond donors (Lipinski definition) is 2. The summed E-state index contributed by atoms with van der Waals surface area (Å²) in [6.07, 6.45) is -0.483. The molecule has 0 aromatic heterocycles. The lowest BCUT2D eigenvalue weighted by Crippen LogP contribution is -2.53. The highest BCUT2D eigenvalue weighted by molar-refractivity contribution is 7.91. The molecule has 0 heterocycles. The normalized spacial score (nSPS) is 14.6. The molecular formula is C14H30N2O4S. The summed E-state index contributed by atoms with van der Waals surface area (Å²) in [6.45, 7) is 13.0. The van der Waals surface area contributed by atoms with Gasteiger partial charge in [-0.3, -0.25) is 0 Å². The van der Waals surface area contributed by atoms with Gasteiger partial charge in [0.25, 0.3) is 0 Å². The summed E-state index contributed by atoms with van der Waals surface area (Å²) in [5.74, 6) is 0.227. The summed E-state index contributed by atoms with van der Waals surface area (Å²) in [5.41, 5.74) is -1.08. The predicted molar refractivity (Wildman–Crippen MR) is 85.2 cm³/mol. The maximum Gasteiger partial charge on any atom is 0.408 e. The van der Waals surface area contributed by atoms with Crippen LogP contribution in [0.15, 0.2) is 0 Å². The van der Waals surface area contributed by atoms with Gasteiger partial charge in [0.05, 0.1) is 11.3 Å². The molecule has 126 valence electrons. The first-order valence-electron chi connectivity index (χ1n) is 7.21. The van der Waals surface area contributed by atoms with Crippen LogP contribution in [-0.4, -0.2) is 49.7 Å². The fourth-order valence-electron chi connectivity index (χ4n) is 1.61. The van der Waals surface area contributed by atoms with E-state index in [9.17, 15) is 13.2 Å². The molecule has 1 unspecified atom stereocenters. The molecule has 0 aromatic carbocycles. The number of hydrogen-bond acceptors (Lipinski definition) is 5. The molecule has 0 fully saturated rings. The van der Waals surface area contributed by atoms with Gasteiger partial charge in [-0.2, -0.15) is 0 Å². The van der Waals surface area contributed by atoms with Crippen LogP contribution < -0.4 is 10.6 Å². The SMILES string of the molecule is CCS(=O)(=O)CC(C)NCC(C)(C)NC(=O)OC(C)(C)C. The molecule has 1 atom stereocenters. The number of nitrogens with one attached hydrogen (secondary N) is 2. The van der Waals surface area contributed by atoms with Crippen LogP contribution in [0.2, 0.25) is 0 Å². The Morgan fingerprint density at radius 3 is 2.14 bits per heavy atom. The van der Waals surface area contributed by atoms with E-state index in [1.54, 1.807) is 27.7 Å². The first kappa shape index (κ1) is 20.2. The van der Waals surface area contributed by atoms with Crippen molar-refractivity contribution in [3.8, 4) is 0 Å². The Labute approximate surface area is 128 Å². The van der Waals surface area contributed by atoms with Gasteiger partial charge in [-0.15, -0.1) is 0 Å². The third kappa shape index (κ3) is 10.5. The number of carbonyl (C=O) groups is 1. The van der Waals surface area contributed by atoms with Gasteiger partial charge in [-0.1, -0.05) is 6.92 Å². The van der Waals surface area contributed by atoms with E-state index >= 15 is 0 Å². The van der Waals surface area contributed by atoms with Crippen molar-refractivity contribution in [1.82, 2.24) is 10.6 Å². The van der Waals surface area contributed by atoms with Gasteiger partial charge in [0.15, 0.2) is 9.84 Å². The Morgan fingerprint density at radius 2 is 1.71 bits per heavy atom. The zero-order valence-corrected chi connectivity index (χ0v) is 15.1. The van der Waals surface area contributed by atoms with Crippen molar-refractivity contribution in [3.63, 3.8) is 0 Å². The predicted octanol–water partition coefficient (Wildman–Crippen LogP) is 1.70. The Kier molecular flexibility index (Phi) is 7.15. The quantitative estimate of drug-likeness (QED) is 0.745. The van der Waals surface area contributed by atoms with Crippen molar-refractivity contribution in [2.45, 2.75) is 65.6 Å². The Bertz CT molecular complexity index is 438. The molecule has 0 radical (unpaired) electrons. The molecule has 0 bridgehead atoms. The molecule has 2 N–H and O–H groups in total. The fourth-order valence-corrected chi connectivity index (χ4v) is 2.73. The second-order valence-corrected chi connectivity index (χ2v) is 9.39. The van der Waals surface area contributed by atoms with E-state index in [2.05, 4.69) is 10.6 Å². The van der Waals surface area contributed by atoms with Gasteiger partial charge in [-0.25, -0.2) is 13.2 Å². The lowest BCUT2D eigenvalue weighted by atomic mass is 10.1. The lowest BCUT2D eigenvalue weighted by molar-refractivity contribution is 0.0471. The largest absolute Gasteiger partial charge is 0.444 e. The van der Waals surface area contributed by atoms with E-state index in [1.807, 2.05) is 20.8 Å². The van der Waals surface area contributed by atoms with Crippen LogP contribution in [-0.2, 0) is 14.6 Å². The summed E-state index contributed by atoms with van der Waals surface area (Å²) >= 11 is 0. The highest BCUT2D eigenvalue weighted by atomic mass is 32.2. The number of alkyl carbamates (subject to hydrolysis) is 1. The Morgan fingerprint density at radius 1 is 1.19 bits per heavy atom. The third-order valence-corrected chi connectivity index (χ3v) is 4.56. The van der Waals surface area contributed by atoms with Crippen LogP contribution in [0.5, 0.6) is 0 Å². The van der Waals surface area contributed by atoms with Gasteiger partial charge in [0.1, 0.15) is 5.60 Å². The minimum absolute atomic E-state index is 0.0893. The van der Waals surface area contributed by atoms with Crippen LogP contribution in [0.3, 0.4) is 0 Å². The van der Waals surface area contributed by atoms with E-state index in [-0.39, 0.29) is 17.5 Å². The van der Waals surface area contributed by atoms with Crippen LogP contribution in [0.1, 0.15) is 48.5 Å². The van der Waals surface area contributed by atoms with Gasteiger partial charge in [0.2, 0.25) is 0 Å². The third-order valence-electron chi connectivity index (χ3n) is 2.68. The molecule has 6 nitrogen and oxygen atoms in total. The van der Waals surface area contributed by atoms with E-state index < -0.39 is 27.1 Å². The molecule has 0 spiro atoms. The van der Waals surface area contributed by atoms with Crippen molar-refractivity contribution in [2.24, 2.45) is 0 Å². The van der Waals surface area contributed by atoms with E-state index in [4.69, 9.17) is 4.74 Å². The maximum absolute atomic E-state index is 11.7. The van der Waals surface area contributed by atoms with Crippen molar-refractivity contribution >= 4 is 15.9 Å². The summed E-state index contributed by atoms with van der Waals surface area (Å²) in [4.78, 5) is 11.7. The van der Waals surface area contributed by atoms with E-state index in [0.29, 0.717) is 6.54 Å². The fraction of sp³-hybridized carbons (Fsp3) is 0.929. The summed E-state index contributed by atoms with van der Waals surface area (Å²) in [6, 6.07) is -0.172. The Hall–Kier alpha value is -0.820. The summed E-state index contributed by atoms with van der Waals surface area (Å²) in [7, 11) is -3.01. The molecule has 1 amide bonds. The molecule has 0 saturated carbocycles. The highest BCUT2D eigenvalue weighted by Gasteiger charge is 2.25. The highest BCUT2D eigenvalue weighted by Crippen LogP contribution is 2.09. The van der Waals surface area contributed by atoms with Crippen molar-refractivity contribution in [3.05, 3.63) is 0 Å². The zero-order valence-electron chi connectivity index (χ0n) is 14.2. The minimum atomic E-state index is -3.01. The van der Waals surface area contributed by atoms with E-state index in [1.165, 1.54) is 0 Å². The lowest BCUT2D eigenvalue weighted by Gasteiger charge is -2.30. The van der Waals surface area contributed by atoms with Gasteiger partial charge < -0.3 is 15.4 Å². The van der Waals surface area contributed by atoms with Gasteiger partial charge in [-0.05, 0) is 41.5 Å². The number of amides is 1. The molecule has 0 aromatic rings. The summed E-state index contributed by atoms with van der Waals surface area (Å²) < 4.78 is 28.3. The van der Waals surface area contributed by atoms with Crippen LogP contribution in [0.4, 0.5) is 4.79 Å². The number of ether oxygens (including phenoxy) is 1. The first-order chi connectivity index (χ1) is 9.26. The standard InChI is InChI=1S/C14H30N2O4S/c1-8-21(18,19)9-11(2)15-10-14(6,7)16-12(17)20-13(3,4)5/h11,15H,8-10H2,1-7H3,(H,16,17). The van der Waals surface area contributed by atoms with Crippen LogP contribution >= 0.6 is 0 Å². The molecule has 0 aliphatic heterocycles. The molecule has 0 aliphatic rings. The average molecular weight is 322 g/mol. The zero-order chi connectivity index (χ0) is 16.9. The molecular weight excluding hydrogens is 292 g/mol. The monoisotopic (exact) mass is 322 g/mol. The maximum atomic E-state index is 11.7. The number of rotatable bonds is 7. The Balaban J connectivity index is 4.33. The van der Waals surface area contributed by atoms with Crippen LogP contribution in [0.25, 0.3) is 0 Å². The van der Waals surface area contributed by atoms with Crippen molar-refractivity contribution in [1.29, 1.82) is 0 Å². The van der Waals surface area contributed by atoms with Gasteiger partial charge >= 0.3 is 6.09 Å². The van der Waals surface area contributed by atoms with Crippen molar-refractivity contribution in [2.75, 3.05) is 18.1 Å². The molecule has 0 rings (SSSR count). The van der Waals surface area contributed by atoms with Gasteiger partial charge in [0, 0.05) is 18.3 Å². The summed E-state index contributed by atoms with van der Waals surface area (Å²) in [5, 5.41) is 5.90. The molecule has 7 heteroatoms. The topological polar surface area (TPSA) is 84.5 Å².